The molecule has 7 heteroatoms. The van der Waals surface area contributed by atoms with Gasteiger partial charge in [0.2, 0.25) is 5.82 Å². The zero-order valence-electron chi connectivity index (χ0n) is 11.6. The second-order valence-corrected chi connectivity index (χ2v) is 4.41. The lowest BCUT2D eigenvalue weighted by Gasteiger charge is -2.03. The number of nitrogens with zero attached hydrogens (tertiary/aromatic N) is 4. The normalized spacial score (nSPS) is 10.7. The number of carbonyl (C=O) groups excluding carboxylic acids is 1. The van der Waals surface area contributed by atoms with Crippen molar-refractivity contribution in [1.29, 1.82) is 0 Å². The van der Waals surface area contributed by atoms with E-state index in [9.17, 15) is 4.79 Å². The molecule has 0 spiro atoms. The van der Waals surface area contributed by atoms with Gasteiger partial charge in [0.1, 0.15) is 5.82 Å². The maximum Gasteiger partial charge on any atom is 0.291 e. The molecule has 0 aromatic carbocycles. The van der Waals surface area contributed by atoms with Gasteiger partial charge >= 0.3 is 0 Å². The molecule has 0 aliphatic heterocycles. The van der Waals surface area contributed by atoms with Crippen LogP contribution in [0.1, 0.15) is 40.3 Å². The first kappa shape index (κ1) is 13.3. The average Bonchev–Trinajstić information content (AvgIpc) is 2.94. The predicted octanol–water partition coefficient (Wildman–Crippen LogP) is 0.647. The molecular formula is C12H18N6O. The second kappa shape index (κ2) is 5.21. The van der Waals surface area contributed by atoms with E-state index in [-0.39, 0.29) is 11.7 Å². The minimum absolute atomic E-state index is 0.177. The molecule has 102 valence electrons. The first-order chi connectivity index (χ1) is 9.02. The van der Waals surface area contributed by atoms with Crippen LogP contribution in [0, 0.1) is 13.8 Å². The first-order valence-corrected chi connectivity index (χ1v) is 6.21. The van der Waals surface area contributed by atoms with Gasteiger partial charge in [-0.25, -0.2) is 4.98 Å². The number of carbonyl (C=O) groups is 1. The van der Waals surface area contributed by atoms with Crippen LogP contribution in [0.15, 0.2) is 0 Å². The third kappa shape index (κ3) is 2.64. The lowest BCUT2D eigenvalue weighted by atomic mass is 10.2. The summed E-state index contributed by atoms with van der Waals surface area (Å²) in [5.74, 6) is 0.605. The fraction of sp³-hybridized carbons (Fsp3) is 0.500. The molecule has 1 amide bonds. The Balaban J connectivity index is 2.04. The number of aromatic amines is 1. The van der Waals surface area contributed by atoms with Crippen molar-refractivity contribution in [2.24, 2.45) is 7.05 Å². The maximum absolute atomic E-state index is 11.9. The number of amides is 1. The van der Waals surface area contributed by atoms with Gasteiger partial charge in [0.05, 0.1) is 5.69 Å². The lowest BCUT2D eigenvalue weighted by Crippen LogP contribution is -2.24. The third-order valence-corrected chi connectivity index (χ3v) is 3.15. The minimum atomic E-state index is -0.279. The average molecular weight is 262 g/mol. The molecule has 2 aromatic heterocycles. The van der Waals surface area contributed by atoms with E-state index in [2.05, 4.69) is 25.6 Å². The standard InChI is InChI=1S/C12H18N6O/c1-5-10-14-11(16-15-10)12(19)13-6-9-7(2)17-18(4)8(9)3/h5-6H2,1-4H3,(H,13,19)(H,14,15,16). The Kier molecular flexibility index (Phi) is 3.64. The van der Waals surface area contributed by atoms with Gasteiger partial charge in [-0.1, -0.05) is 6.92 Å². The fourth-order valence-electron chi connectivity index (χ4n) is 1.88. The summed E-state index contributed by atoms with van der Waals surface area (Å²) in [4.78, 5) is 16.0. The zero-order valence-corrected chi connectivity index (χ0v) is 11.6. The number of rotatable bonds is 4. The number of hydrogen-bond donors (Lipinski definition) is 2. The molecule has 0 atom stereocenters. The Labute approximate surface area is 111 Å². The fourth-order valence-corrected chi connectivity index (χ4v) is 1.88. The van der Waals surface area contributed by atoms with Crippen molar-refractivity contribution in [1.82, 2.24) is 30.3 Å². The van der Waals surface area contributed by atoms with Gasteiger partial charge in [0.25, 0.3) is 5.91 Å². The van der Waals surface area contributed by atoms with Crippen molar-refractivity contribution in [3.05, 3.63) is 28.6 Å². The van der Waals surface area contributed by atoms with Gasteiger partial charge in [-0.2, -0.15) is 5.10 Å². The zero-order chi connectivity index (χ0) is 14.0. The van der Waals surface area contributed by atoms with Crippen LogP contribution < -0.4 is 5.32 Å². The molecule has 2 N–H and O–H groups in total. The van der Waals surface area contributed by atoms with E-state index in [1.165, 1.54) is 0 Å². The van der Waals surface area contributed by atoms with Crippen molar-refractivity contribution >= 4 is 5.91 Å². The highest BCUT2D eigenvalue weighted by molar-refractivity contribution is 5.90. The Bertz CT molecular complexity index is 597. The van der Waals surface area contributed by atoms with Crippen LogP contribution in [-0.4, -0.2) is 30.9 Å². The molecule has 19 heavy (non-hydrogen) atoms. The quantitative estimate of drug-likeness (QED) is 0.846. The Morgan fingerprint density at radius 2 is 2.16 bits per heavy atom. The van der Waals surface area contributed by atoms with Crippen LogP contribution in [-0.2, 0) is 20.0 Å². The summed E-state index contributed by atoms with van der Waals surface area (Å²) in [5, 5.41) is 13.7. The van der Waals surface area contributed by atoms with E-state index in [1.807, 2.05) is 27.8 Å². The molecule has 0 aliphatic rings. The topological polar surface area (TPSA) is 88.5 Å². The predicted molar refractivity (Wildman–Crippen MR) is 69.6 cm³/mol. The number of aryl methyl sites for hydroxylation is 3. The van der Waals surface area contributed by atoms with E-state index in [1.54, 1.807) is 4.68 Å². The van der Waals surface area contributed by atoms with E-state index in [0.717, 1.165) is 23.4 Å². The van der Waals surface area contributed by atoms with Gasteiger partial charge in [-0.3, -0.25) is 14.6 Å². The monoisotopic (exact) mass is 262 g/mol. The summed E-state index contributed by atoms with van der Waals surface area (Å²) in [6.45, 7) is 6.28. The Morgan fingerprint density at radius 3 is 2.68 bits per heavy atom. The highest BCUT2D eigenvalue weighted by Gasteiger charge is 2.14. The SMILES string of the molecule is CCc1nc(C(=O)NCc2c(C)nn(C)c2C)n[nH]1. The third-order valence-electron chi connectivity index (χ3n) is 3.15. The van der Waals surface area contributed by atoms with E-state index in [0.29, 0.717) is 12.4 Å². The van der Waals surface area contributed by atoms with Gasteiger partial charge in [-0.15, -0.1) is 5.10 Å². The lowest BCUT2D eigenvalue weighted by molar-refractivity contribution is 0.0941. The summed E-state index contributed by atoms with van der Waals surface area (Å²) < 4.78 is 1.80. The van der Waals surface area contributed by atoms with Crippen LogP contribution in [0.5, 0.6) is 0 Å². The van der Waals surface area contributed by atoms with Crippen molar-refractivity contribution < 1.29 is 4.79 Å². The van der Waals surface area contributed by atoms with Crippen LogP contribution in [0.3, 0.4) is 0 Å². The summed E-state index contributed by atoms with van der Waals surface area (Å²) in [6.07, 6.45) is 0.723. The molecule has 0 bridgehead atoms. The van der Waals surface area contributed by atoms with Gasteiger partial charge < -0.3 is 5.32 Å². The minimum Gasteiger partial charge on any atom is -0.345 e. The molecule has 0 saturated heterocycles. The molecule has 2 aromatic rings. The molecule has 7 nitrogen and oxygen atoms in total. The largest absolute Gasteiger partial charge is 0.345 e. The van der Waals surface area contributed by atoms with Crippen LogP contribution in [0.2, 0.25) is 0 Å². The summed E-state index contributed by atoms with van der Waals surface area (Å²) in [5.41, 5.74) is 2.99. The van der Waals surface area contributed by atoms with Crippen molar-refractivity contribution in [3.63, 3.8) is 0 Å². The van der Waals surface area contributed by atoms with Crippen molar-refractivity contribution in [3.8, 4) is 0 Å². The number of hydrogen-bond acceptors (Lipinski definition) is 4. The Hall–Kier alpha value is -2.18. The molecule has 0 radical (unpaired) electrons. The van der Waals surface area contributed by atoms with E-state index in [4.69, 9.17) is 0 Å². The molecule has 2 heterocycles. The maximum atomic E-state index is 11.9. The van der Waals surface area contributed by atoms with Gasteiger partial charge in [-0.05, 0) is 13.8 Å². The van der Waals surface area contributed by atoms with Crippen molar-refractivity contribution in [2.75, 3.05) is 0 Å². The number of aromatic nitrogens is 5. The van der Waals surface area contributed by atoms with E-state index >= 15 is 0 Å². The van der Waals surface area contributed by atoms with Crippen molar-refractivity contribution in [2.45, 2.75) is 33.7 Å². The molecule has 0 unspecified atom stereocenters. The molecule has 0 saturated carbocycles. The highest BCUT2D eigenvalue weighted by Crippen LogP contribution is 2.11. The Morgan fingerprint density at radius 1 is 1.42 bits per heavy atom. The highest BCUT2D eigenvalue weighted by atomic mass is 16.2. The first-order valence-electron chi connectivity index (χ1n) is 6.21. The van der Waals surface area contributed by atoms with Crippen LogP contribution >= 0.6 is 0 Å². The number of H-pyrrole nitrogens is 1. The summed E-state index contributed by atoms with van der Waals surface area (Å²) in [7, 11) is 1.89. The van der Waals surface area contributed by atoms with Gasteiger partial charge in [0.15, 0.2) is 0 Å². The molecule has 0 aliphatic carbocycles. The summed E-state index contributed by atoms with van der Waals surface area (Å²) in [6, 6.07) is 0. The summed E-state index contributed by atoms with van der Waals surface area (Å²) >= 11 is 0. The molecule has 0 fully saturated rings. The molecular weight excluding hydrogens is 244 g/mol. The second-order valence-electron chi connectivity index (χ2n) is 4.41. The smallest absolute Gasteiger partial charge is 0.291 e. The van der Waals surface area contributed by atoms with Crippen LogP contribution in [0.4, 0.5) is 0 Å². The van der Waals surface area contributed by atoms with E-state index < -0.39 is 0 Å². The number of nitrogens with one attached hydrogen (secondary N) is 2. The van der Waals surface area contributed by atoms with Gasteiger partial charge in [0, 0.05) is 31.3 Å². The molecule has 2 rings (SSSR count). The van der Waals surface area contributed by atoms with Crippen LogP contribution in [0.25, 0.3) is 0 Å².